The number of allylic oxidation sites excluding steroid dienone is 2. The molecule has 0 aliphatic heterocycles. The highest BCUT2D eigenvalue weighted by molar-refractivity contribution is 7.95. The molecule has 0 fully saturated rings. The summed E-state index contributed by atoms with van der Waals surface area (Å²) in [6.45, 7) is 3.32. The van der Waals surface area contributed by atoms with E-state index in [4.69, 9.17) is 5.14 Å². The number of hydrogen-bond acceptors (Lipinski definition) is 3. The Balaban J connectivity index is 3.01. The molecule has 20 heavy (non-hydrogen) atoms. The van der Waals surface area contributed by atoms with E-state index in [-0.39, 0.29) is 0 Å². The second-order valence-corrected chi connectivity index (χ2v) is 6.12. The van der Waals surface area contributed by atoms with Crippen LogP contribution in [-0.4, -0.2) is 6.54 Å². The van der Waals surface area contributed by atoms with Gasteiger partial charge in [-0.25, -0.2) is 0 Å². The van der Waals surface area contributed by atoms with Crippen molar-refractivity contribution in [2.24, 2.45) is 5.14 Å². The first-order valence-corrected chi connectivity index (χ1v) is 9.53. The molecule has 120 valence electrons. The molecule has 0 unspecified atom stereocenters. The van der Waals surface area contributed by atoms with Crippen LogP contribution in [0, 0.1) is 0 Å². The molecule has 0 saturated carbocycles. The molecule has 0 rings (SSSR count). The van der Waals surface area contributed by atoms with E-state index in [1.165, 1.54) is 95.6 Å². The van der Waals surface area contributed by atoms with Gasteiger partial charge in [0.1, 0.15) is 0 Å². The highest BCUT2D eigenvalue weighted by Crippen LogP contribution is 2.09. The predicted molar refractivity (Wildman–Crippen MR) is 94.6 cm³/mol. The Bertz CT molecular complexity index is 195. The van der Waals surface area contributed by atoms with Crippen LogP contribution in [0.25, 0.3) is 0 Å². The van der Waals surface area contributed by atoms with Crippen molar-refractivity contribution >= 4 is 12.1 Å². The average molecular weight is 301 g/mol. The molecule has 0 atom stereocenters. The maximum absolute atomic E-state index is 5.29. The van der Waals surface area contributed by atoms with Crippen molar-refractivity contribution in [2.45, 2.75) is 90.4 Å². The van der Waals surface area contributed by atoms with Gasteiger partial charge in [0.25, 0.3) is 0 Å². The van der Waals surface area contributed by atoms with E-state index in [0.29, 0.717) is 0 Å². The van der Waals surface area contributed by atoms with Gasteiger partial charge in [0.2, 0.25) is 0 Å². The van der Waals surface area contributed by atoms with E-state index >= 15 is 0 Å². The highest BCUT2D eigenvalue weighted by atomic mass is 32.2. The second kappa shape index (κ2) is 19.0. The fourth-order valence-electron chi connectivity index (χ4n) is 2.33. The largest absolute Gasteiger partial charge is 0.264 e. The van der Waals surface area contributed by atoms with Gasteiger partial charge in [0, 0.05) is 18.7 Å². The molecule has 0 heterocycles. The average Bonchev–Trinajstić information content (AvgIpc) is 2.47. The predicted octanol–water partition coefficient (Wildman–Crippen LogP) is 5.75. The molecular formula is C17H36N2S. The molecule has 0 aliphatic carbocycles. The van der Waals surface area contributed by atoms with Gasteiger partial charge in [-0.3, -0.25) is 9.86 Å². The zero-order chi connectivity index (χ0) is 14.7. The maximum atomic E-state index is 5.29. The van der Waals surface area contributed by atoms with Crippen LogP contribution in [0.4, 0.5) is 0 Å². The SMILES string of the molecule is CCCCCCCC/C=C\CCCCCCCNSN. The minimum absolute atomic E-state index is 1.04. The van der Waals surface area contributed by atoms with Crippen molar-refractivity contribution in [3.63, 3.8) is 0 Å². The summed E-state index contributed by atoms with van der Waals surface area (Å²) in [4.78, 5) is 0. The summed E-state index contributed by atoms with van der Waals surface area (Å²) in [5, 5.41) is 5.29. The lowest BCUT2D eigenvalue weighted by Gasteiger charge is -2.00. The summed E-state index contributed by atoms with van der Waals surface area (Å²) in [6, 6.07) is 0. The first-order valence-electron chi connectivity index (χ1n) is 8.65. The molecule has 0 bridgehead atoms. The van der Waals surface area contributed by atoms with Gasteiger partial charge in [0.05, 0.1) is 0 Å². The maximum Gasteiger partial charge on any atom is 0.00704 e. The minimum Gasteiger partial charge on any atom is -0.264 e. The topological polar surface area (TPSA) is 38.0 Å². The van der Waals surface area contributed by atoms with Crippen LogP contribution in [0.3, 0.4) is 0 Å². The van der Waals surface area contributed by atoms with Crippen molar-refractivity contribution in [1.29, 1.82) is 0 Å². The fraction of sp³-hybridized carbons (Fsp3) is 0.882. The van der Waals surface area contributed by atoms with E-state index in [9.17, 15) is 0 Å². The van der Waals surface area contributed by atoms with Crippen LogP contribution < -0.4 is 9.86 Å². The Morgan fingerprint density at radius 1 is 0.750 bits per heavy atom. The van der Waals surface area contributed by atoms with Gasteiger partial charge in [-0.2, -0.15) is 0 Å². The van der Waals surface area contributed by atoms with Crippen LogP contribution in [0.2, 0.25) is 0 Å². The molecule has 0 saturated heterocycles. The molecule has 0 aliphatic rings. The third-order valence-electron chi connectivity index (χ3n) is 3.62. The minimum atomic E-state index is 1.04. The van der Waals surface area contributed by atoms with Gasteiger partial charge >= 0.3 is 0 Å². The van der Waals surface area contributed by atoms with Gasteiger partial charge in [-0.15, -0.1) is 0 Å². The Hall–Kier alpha value is 0.01000. The smallest absolute Gasteiger partial charge is 0.00704 e. The first kappa shape index (κ1) is 20.0. The lowest BCUT2D eigenvalue weighted by atomic mass is 10.1. The molecular weight excluding hydrogens is 264 g/mol. The van der Waals surface area contributed by atoms with Crippen LogP contribution >= 0.6 is 12.1 Å². The zero-order valence-corrected chi connectivity index (χ0v) is 14.4. The van der Waals surface area contributed by atoms with Gasteiger partial charge < -0.3 is 0 Å². The number of nitrogens with two attached hydrogens (primary N) is 1. The summed E-state index contributed by atoms with van der Waals surface area (Å²) in [6.07, 6.45) is 22.4. The van der Waals surface area contributed by atoms with Crippen molar-refractivity contribution < 1.29 is 0 Å². The molecule has 0 amide bonds. The molecule has 0 aromatic rings. The molecule has 3 N–H and O–H groups in total. The van der Waals surface area contributed by atoms with E-state index in [0.717, 1.165) is 6.54 Å². The number of hydrogen-bond donors (Lipinski definition) is 2. The Labute approximate surface area is 131 Å². The standard InChI is InChI=1S/C17H36N2S/c1-2-3-4-5-6-7-8-9-10-11-12-13-14-15-16-17-19-20-18/h9-10,19H,2-8,11-18H2,1H3/b10-9-. The van der Waals surface area contributed by atoms with E-state index in [1.807, 2.05) is 0 Å². The normalized spacial score (nSPS) is 11.5. The third kappa shape index (κ3) is 18.0. The summed E-state index contributed by atoms with van der Waals surface area (Å²) in [5.41, 5.74) is 0. The fourth-order valence-corrected chi connectivity index (χ4v) is 2.59. The zero-order valence-electron chi connectivity index (χ0n) is 13.5. The lowest BCUT2D eigenvalue weighted by Crippen LogP contribution is -2.07. The number of nitrogens with one attached hydrogen (secondary N) is 1. The van der Waals surface area contributed by atoms with Gasteiger partial charge in [0.15, 0.2) is 0 Å². The van der Waals surface area contributed by atoms with Crippen LogP contribution in [-0.2, 0) is 0 Å². The van der Waals surface area contributed by atoms with E-state index in [2.05, 4.69) is 23.8 Å². The first-order chi connectivity index (χ1) is 9.91. The summed E-state index contributed by atoms with van der Waals surface area (Å²) in [7, 11) is 0. The van der Waals surface area contributed by atoms with Crippen molar-refractivity contribution in [1.82, 2.24) is 4.72 Å². The lowest BCUT2D eigenvalue weighted by molar-refractivity contribution is 0.608. The molecule has 0 spiro atoms. The molecule has 0 aromatic carbocycles. The van der Waals surface area contributed by atoms with Crippen LogP contribution in [0.15, 0.2) is 12.2 Å². The van der Waals surface area contributed by atoms with Crippen LogP contribution in [0.1, 0.15) is 90.4 Å². The number of unbranched alkanes of at least 4 members (excludes halogenated alkanes) is 11. The Morgan fingerprint density at radius 2 is 1.25 bits per heavy atom. The van der Waals surface area contributed by atoms with Crippen LogP contribution in [0.5, 0.6) is 0 Å². The Kier molecular flexibility index (Phi) is 19.0. The molecule has 3 heteroatoms. The highest BCUT2D eigenvalue weighted by Gasteiger charge is 1.90. The van der Waals surface area contributed by atoms with Crippen molar-refractivity contribution in [3.05, 3.63) is 12.2 Å². The molecule has 2 nitrogen and oxygen atoms in total. The van der Waals surface area contributed by atoms with Gasteiger partial charge in [-0.1, -0.05) is 70.4 Å². The summed E-state index contributed by atoms with van der Waals surface area (Å²) >= 11 is 1.23. The van der Waals surface area contributed by atoms with E-state index < -0.39 is 0 Å². The van der Waals surface area contributed by atoms with E-state index in [1.54, 1.807) is 0 Å². The van der Waals surface area contributed by atoms with Crippen molar-refractivity contribution in [3.8, 4) is 0 Å². The van der Waals surface area contributed by atoms with Gasteiger partial charge in [-0.05, 0) is 32.1 Å². The summed E-state index contributed by atoms with van der Waals surface area (Å²) < 4.78 is 3.08. The van der Waals surface area contributed by atoms with Crippen molar-refractivity contribution in [2.75, 3.05) is 6.54 Å². The summed E-state index contributed by atoms with van der Waals surface area (Å²) in [5.74, 6) is 0. The monoisotopic (exact) mass is 300 g/mol. The Morgan fingerprint density at radius 3 is 1.80 bits per heavy atom. The number of rotatable bonds is 16. The quantitative estimate of drug-likeness (QED) is 0.217. The molecule has 0 radical (unpaired) electrons. The second-order valence-electron chi connectivity index (χ2n) is 5.60. The molecule has 0 aromatic heterocycles. The third-order valence-corrected chi connectivity index (χ3v) is 3.99.